The number of thiazole rings is 1. The lowest BCUT2D eigenvalue weighted by molar-refractivity contribution is 0.0925. The summed E-state index contributed by atoms with van der Waals surface area (Å²) in [7, 11) is 0. The van der Waals surface area contributed by atoms with Gasteiger partial charge in [-0.3, -0.25) is 4.68 Å². The van der Waals surface area contributed by atoms with Gasteiger partial charge in [-0.1, -0.05) is 58.5 Å². The maximum absolute atomic E-state index is 11.3. The number of carbonyl (C=O) groups is 1. The molecule has 6 nitrogen and oxygen atoms in total. The van der Waals surface area contributed by atoms with Crippen LogP contribution in [-0.2, 0) is 17.6 Å². The van der Waals surface area contributed by atoms with Crippen LogP contribution in [0.25, 0.3) is 10.6 Å². The van der Waals surface area contributed by atoms with Crippen LogP contribution in [0.5, 0.6) is 0 Å². The lowest BCUT2D eigenvalue weighted by Gasteiger charge is -2.31. The topological polar surface area (TPSA) is 83.0 Å². The van der Waals surface area contributed by atoms with Gasteiger partial charge in [0.25, 0.3) is 0 Å². The molecule has 166 valence electrons. The maximum atomic E-state index is 11.3. The summed E-state index contributed by atoms with van der Waals surface area (Å²) >= 11 is 3.37. The molecule has 2 heterocycles. The van der Waals surface area contributed by atoms with Gasteiger partial charge < -0.3 is 10.5 Å². The van der Waals surface area contributed by atoms with Crippen LogP contribution in [-0.4, -0.2) is 27.5 Å². The molecule has 0 aliphatic rings. The second-order valence-corrected chi connectivity index (χ2v) is 10.3. The predicted octanol–water partition coefficient (Wildman–Crippen LogP) is 5.97. The van der Waals surface area contributed by atoms with Crippen LogP contribution in [0, 0.1) is 5.41 Å². The summed E-state index contributed by atoms with van der Waals surface area (Å²) in [6.45, 7) is 10.8. The second-order valence-electron chi connectivity index (χ2n) is 8.35. The molecule has 0 aliphatic carbocycles. The Balaban J connectivity index is 1.95. The van der Waals surface area contributed by atoms with E-state index in [9.17, 15) is 4.79 Å². The zero-order chi connectivity index (χ0) is 22.6. The molecule has 0 aliphatic heterocycles. The average Bonchev–Trinajstić information content (AvgIpc) is 3.36. The van der Waals surface area contributed by atoms with Crippen molar-refractivity contribution in [1.82, 2.24) is 14.8 Å². The van der Waals surface area contributed by atoms with Gasteiger partial charge in [-0.2, -0.15) is 5.10 Å². The summed E-state index contributed by atoms with van der Waals surface area (Å²) in [5.41, 5.74) is 8.42. The standard InChI is InChI=1S/C23H30N4O2S2/c1-6-17-20(31-16-10-8-15(9-11-16)21-25-12-13-30-21)18(7-2)27(26-17)19(23(3,4)5)14-29-22(24)28/h8-13,19H,6-7,14H2,1-5H3,(H2,24,28). The molecule has 31 heavy (non-hydrogen) atoms. The van der Waals surface area contributed by atoms with Crippen molar-refractivity contribution in [3.63, 3.8) is 0 Å². The first kappa shape index (κ1) is 23.3. The Labute approximate surface area is 192 Å². The molecule has 3 aromatic rings. The molecule has 0 spiro atoms. The van der Waals surface area contributed by atoms with E-state index in [1.165, 1.54) is 4.90 Å². The van der Waals surface area contributed by atoms with E-state index in [-0.39, 0.29) is 18.1 Å². The van der Waals surface area contributed by atoms with E-state index in [1.807, 2.05) is 16.3 Å². The first-order valence-corrected chi connectivity index (χ1v) is 12.1. The van der Waals surface area contributed by atoms with E-state index in [4.69, 9.17) is 15.6 Å². The van der Waals surface area contributed by atoms with Crippen LogP contribution < -0.4 is 5.73 Å². The third-order valence-electron chi connectivity index (χ3n) is 5.13. The summed E-state index contributed by atoms with van der Waals surface area (Å²) in [6, 6.07) is 8.38. The highest BCUT2D eigenvalue weighted by Gasteiger charge is 2.32. The quantitative estimate of drug-likeness (QED) is 0.450. The average molecular weight is 459 g/mol. The minimum absolute atomic E-state index is 0.109. The number of nitrogens with zero attached hydrogens (tertiary/aromatic N) is 3. The Hall–Kier alpha value is -2.32. The Bertz CT molecular complexity index is 1010. The fourth-order valence-corrected chi connectivity index (χ4v) is 5.24. The highest BCUT2D eigenvalue weighted by molar-refractivity contribution is 7.99. The molecular formula is C23H30N4O2S2. The van der Waals surface area contributed by atoms with Gasteiger partial charge in [0.15, 0.2) is 0 Å². The Kier molecular flexibility index (Phi) is 7.43. The van der Waals surface area contributed by atoms with E-state index in [0.29, 0.717) is 0 Å². The predicted molar refractivity (Wildman–Crippen MR) is 127 cm³/mol. The monoisotopic (exact) mass is 458 g/mol. The van der Waals surface area contributed by atoms with Crippen molar-refractivity contribution in [2.45, 2.75) is 63.3 Å². The summed E-state index contributed by atoms with van der Waals surface area (Å²) in [5, 5.41) is 7.96. The lowest BCUT2D eigenvalue weighted by Crippen LogP contribution is -2.32. The molecular weight excluding hydrogens is 428 g/mol. The van der Waals surface area contributed by atoms with Crippen molar-refractivity contribution in [1.29, 1.82) is 0 Å². The van der Waals surface area contributed by atoms with E-state index in [2.05, 4.69) is 63.9 Å². The van der Waals surface area contributed by atoms with Crippen molar-refractivity contribution >= 4 is 29.2 Å². The summed E-state index contributed by atoms with van der Waals surface area (Å²) in [5.74, 6) is 0. The molecule has 1 amide bonds. The van der Waals surface area contributed by atoms with Crippen molar-refractivity contribution in [3.05, 3.63) is 47.2 Å². The molecule has 2 aromatic heterocycles. The molecule has 8 heteroatoms. The van der Waals surface area contributed by atoms with Crippen LogP contribution in [0.3, 0.4) is 0 Å². The van der Waals surface area contributed by atoms with Crippen molar-refractivity contribution in [3.8, 4) is 10.6 Å². The SMILES string of the molecule is CCc1nn(C(COC(N)=O)C(C)(C)C)c(CC)c1Sc1ccc(-c2nccs2)cc1. The van der Waals surface area contributed by atoms with Gasteiger partial charge in [0.05, 0.1) is 22.3 Å². The van der Waals surface area contributed by atoms with Crippen LogP contribution in [0.15, 0.2) is 45.6 Å². The number of carbonyl (C=O) groups excluding carboxylic acids is 1. The molecule has 0 fully saturated rings. The molecule has 1 atom stereocenters. The minimum Gasteiger partial charge on any atom is -0.447 e. The zero-order valence-corrected chi connectivity index (χ0v) is 20.3. The number of aromatic nitrogens is 3. The summed E-state index contributed by atoms with van der Waals surface area (Å²) < 4.78 is 7.25. The number of benzene rings is 1. The minimum atomic E-state index is -0.759. The largest absolute Gasteiger partial charge is 0.447 e. The smallest absolute Gasteiger partial charge is 0.404 e. The van der Waals surface area contributed by atoms with Gasteiger partial charge in [0.2, 0.25) is 0 Å². The van der Waals surface area contributed by atoms with Crippen LogP contribution in [0.4, 0.5) is 4.79 Å². The third-order valence-corrected chi connectivity index (χ3v) is 7.14. The van der Waals surface area contributed by atoms with Crippen molar-refractivity contribution in [2.24, 2.45) is 11.1 Å². The number of hydrogen-bond acceptors (Lipinski definition) is 6. The maximum Gasteiger partial charge on any atom is 0.404 e. The van der Waals surface area contributed by atoms with E-state index >= 15 is 0 Å². The fourth-order valence-electron chi connectivity index (χ4n) is 3.43. The number of amides is 1. The van der Waals surface area contributed by atoms with Crippen LogP contribution >= 0.6 is 23.1 Å². The number of rotatable bonds is 8. The number of nitrogens with two attached hydrogens (primary N) is 1. The first-order valence-electron chi connectivity index (χ1n) is 10.4. The second kappa shape index (κ2) is 9.87. The summed E-state index contributed by atoms with van der Waals surface area (Å²) in [4.78, 5) is 18.0. The van der Waals surface area contributed by atoms with E-state index in [0.717, 1.165) is 39.7 Å². The summed E-state index contributed by atoms with van der Waals surface area (Å²) in [6.07, 6.45) is 2.72. The zero-order valence-electron chi connectivity index (χ0n) is 18.7. The Morgan fingerprint density at radius 1 is 1.23 bits per heavy atom. The number of hydrogen-bond donors (Lipinski definition) is 1. The fraction of sp³-hybridized carbons (Fsp3) is 0.435. The van der Waals surface area contributed by atoms with Gasteiger partial charge in [-0.15, -0.1) is 11.3 Å². The Morgan fingerprint density at radius 3 is 2.45 bits per heavy atom. The lowest BCUT2D eigenvalue weighted by atomic mass is 9.87. The van der Waals surface area contributed by atoms with Gasteiger partial charge in [-0.25, -0.2) is 9.78 Å². The number of aryl methyl sites for hydroxylation is 1. The van der Waals surface area contributed by atoms with Crippen molar-refractivity contribution < 1.29 is 9.53 Å². The number of ether oxygens (including phenoxy) is 1. The molecule has 1 unspecified atom stereocenters. The molecule has 0 radical (unpaired) electrons. The van der Waals surface area contributed by atoms with E-state index < -0.39 is 6.09 Å². The number of primary amides is 1. The van der Waals surface area contributed by atoms with Gasteiger partial charge in [-0.05, 0) is 30.4 Å². The van der Waals surface area contributed by atoms with Crippen LogP contribution in [0.2, 0.25) is 0 Å². The van der Waals surface area contributed by atoms with Gasteiger partial charge >= 0.3 is 6.09 Å². The molecule has 1 aromatic carbocycles. The molecule has 0 saturated carbocycles. The molecule has 3 rings (SSSR count). The van der Waals surface area contributed by atoms with Crippen molar-refractivity contribution in [2.75, 3.05) is 6.61 Å². The highest BCUT2D eigenvalue weighted by atomic mass is 32.2. The molecule has 2 N–H and O–H groups in total. The normalized spacial score (nSPS) is 12.7. The molecule has 0 bridgehead atoms. The van der Waals surface area contributed by atoms with E-state index in [1.54, 1.807) is 23.1 Å². The highest BCUT2D eigenvalue weighted by Crippen LogP contribution is 2.39. The van der Waals surface area contributed by atoms with Gasteiger partial charge in [0, 0.05) is 22.0 Å². The van der Waals surface area contributed by atoms with Gasteiger partial charge in [0.1, 0.15) is 11.6 Å². The third kappa shape index (κ3) is 5.49. The Morgan fingerprint density at radius 2 is 1.94 bits per heavy atom. The first-order chi connectivity index (χ1) is 14.7. The molecule has 0 saturated heterocycles. The van der Waals surface area contributed by atoms with Crippen LogP contribution in [0.1, 0.15) is 52.0 Å².